The molecule has 0 aromatic carbocycles. The predicted octanol–water partition coefficient (Wildman–Crippen LogP) is 0.125. The lowest BCUT2D eigenvalue weighted by Gasteiger charge is -2.33. The zero-order chi connectivity index (χ0) is 14.7. The van der Waals surface area contributed by atoms with Gasteiger partial charge in [0.1, 0.15) is 12.1 Å². The third-order valence-electron chi connectivity index (χ3n) is 3.87. The highest BCUT2D eigenvalue weighted by molar-refractivity contribution is 5.90. The highest BCUT2D eigenvalue weighted by Crippen LogP contribution is 2.18. The average molecular weight is 290 g/mol. The Hall–Kier alpha value is -2.18. The second-order valence-corrected chi connectivity index (χ2v) is 5.34. The van der Waals surface area contributed by atoms with E-state index >= 15 is 0 Å². The maximum atomic E-state index is 12.3. The molecule has 0 saturated carbocycles. The molecule has 2 aliphatic heterocycles. The monoisotopic (exact) mass is 290 g/mol. The SMILES string of the molecule is O=C1CC[C@H](C(=O)N2CCC(Oc3cnccn3)CC2)N1. The van der Waals surface area contributed by atoms with E-state index in [0.29, 0.717) is 31.8 Å². The van der Waals surface area contributed by atoms with Crippen LogP contribution < -0.4 is 10.1 Å². The molecule has 21 heavy (non-hydrogen) atoms. The Morgan fingerprint density at radius 3 is 2.71 bits per heavy atom. The first-order valence-electron chi connectivity index (χ1n) is 7.23. The van der Waals surface area contributed by atoms with Crippen molar-refractivity contribution in [3.8, 4) is 5.88 Å². The van der Waals surface area contributed by atoms with Crippen molar-refractivity contribution >= 4 is 11.8 Å². The second kappa shape index (κ2) is 6.07. The van der Waals surface area contributed by atoms with E-state index in [1.165, 1.54) is 0 Å². The number of nitrogens with zero attached hydrogens (tertiary/aromatic N) is 3. The molecule has 0 aliphatic carbocycles. The van der Waals surface area contributed by atoms with Gasteiger partial charge in [-0.15, -0.1) is 0 Å². The highest BCUT2D eigenvalue weighted by atomic mass is 16.5. The molecule has 1 aromatic heterocycles. The summed E-state index contributed by atoms with van der Waals surface area (Å²) in [6.45, 7) is 1.30. The van der Waals surface area contributed by atoms with Crippen LogP contribution >= 0.6 is 0 Å². The molecule has 7 nitrogen and oxygen atoms in total. The van der Waals surface area contributed by atoms with E-state index in [1.807, 2.05) is 4.90 Å². The van der Waals surface area contributed by atoms with Gasteiger partial charge in [0, 0.05) is 44.7 Å². The molecule has 0 bridgehead atoms. The lowest BCUT2D eigenvalue weighted by molar-refractivity contribution is -0.136. The van der Waals surface area contributed by atoms with E-state index in [1.54, 1.807) is 18.6 Å². The van der Waals surface area contributed by atoms with Crippen molar-refractivity contribution in [2.75, 3.05) is 13.1 Å². The van der Waals surface area contributed by atoms with Gasteiger partial charge >= 0.3 is 0 Å². The Kier molecular flexibility index (Phi) is 3.98. The molecule has 2 fully saturated rings. The zero-order valence-electron chi connectivity index (χ0n) is 11.7. The topological polar surface area (TPSA) is 84.4 Å². The average Bonchev–Trinajstić information content (AvgIpc) is 2.95. The molecule has 0 spiro atoms. The summed E-state index contributed by atoms with van der Waals surface area (Å²) in [6, 6.07) is -0.338. The van der Waals surface area contributed by atoms with Gasteiger partial charge in [-0.2, -0.15) is 0 Å². The quantitative estimate of drug-likeness (QED) is 0.855. The van der Waals surface area contributed by atoms with Crippen LogP contribution in [0.2, 0.25) is 0 Å². The van der Waals surface area contributed by atoms with Crippen LogP contribution in [0, 0.1) is 0 Å². The molecule has 112 valence electrons. The normalized spacial score (nSPS) is 23.0. The number of aromatic nitrogens is 2. The van der Waals surface area contributed by atoms with E-state index in [0.717, 1.165) is 12.8 Å². The van der Waals surface area contributed by atoms with Gasteiger partial charge in [-0.05, 0) is 6.42 Å². The lowest BCUT2D eigenvalue weighted by atomic mass is 10.1. The van der Waals surface area contributed by atoms with E-state index in [2.05, 4.69) is 15.3 Å². The minimum Gasteiger partial charge on any atom is -0.473 e. The van der Waals surface area contributed by atoms with Crippen LogP contribution in [0.15, 0.2) is 18.6 Å². The number of carbonyl (C=O) groups excluding carboxylic acids is 2. The van der Waals surface area contributed by atoms with Crippen molar-refractivity contribution in [3.05, 3.63) is 18.6 Å². The van der Waals surface area contributed by atoms with Gasteiger partial charge in [-0.3, -0.25) is 14.6 Å². The highest BCUT2D eigenvalue weighted by Gasteiger charge is 2.33. The molecule has 1 aromatic rings. The van der Waals surface area contributed by atoms with Crippen LogP contribution in [0.25, 0.3) is 0 Å². The van der Waals surface area contributed by atoms with Crippen LogP contribution in [-0.2, 0) is 9.59 Å². The van der Waals surface area contributed by atoms with Crippen molar-refractivity contribution in [1.29, 1.82) is 0 Å². The van der Waals surface area contributed by atoms with Crippen molar-refractivity contribution in [2.45, 2.75) is 37.8 Å². The summed E-state index contributed by atoms with van der Waals surface area (Å²) in [5.74, 6) is 0.512. The molecule has 3 heterocycles. The maximum absolute atomic E-state index is 12.3. The number of hydrogen-bond donors (Lipinski definition) is 1. The molecule has 1 atom stereocenters. The first-order chi connectivity index (χ1) is 10.2. The summed E-state index contributed by atoms with van der Waals surface area (Å²) >= 11 is 0. The van der Waals surface area contributed by atoms with Gasteiger partial charge in [0.25, 0.3) is 0 Å². The van der Waals surface area contributed by atoms with E-state index in [-0.39, 0.29) is 24.0 Å². The maximum Gasteiger partial charge on any atom is 0.245 e. The van der Waals surface area contributed by atoms with Crippen molar-refractivity contribution in [3.63, 3.8) is 0 Å². The number of rotatable bonds is 3. The molecular weight excluding hydrogens is 272 g/mol. The Labute approximate surface area is 122 Å². The zero-order valence-corrected chi connectivity index (χ0v) is 11.7. The van der Waals surface area contributed by atoms with Crippen LogP contribution in [-0.4, -0.2) is 51.9 Å². The number of amides is 2. The van der Waals surface area contributed by atoms with E-state index in [9.17, 15) is 9.59 Å². The smallest absolute Gasteiger partial charge is 0.245 e. The molecular formula is C14H18N4O3. The van der Waals surface area contributed by atoms with E-state index in [4.69, 9.17) is 4.74 Å². The summed E-state index contributed by atoms with van der Waals surface area (Å²) in [7, 11) is 0. The summed E-state index contributed by atoms with van der Waals surface area (Å²) in [5.41, 5.74) is 0. The Morgan fingerprint density at radius 2 is 2.10 bits per heavy atom. The molecule has 2 aliphatic rings. The van der Waals surface area contributed by atoms with E-state index < -0.39 is 0 Å². The fraction of sp³-hybridized carbons (Fsp3) is 0.571. The lowest BCUT2D eigenvalue weighted by Crippen LogP contribution is -2.49. The van der Waals surface area contributed by atoms with Crippen molar-refractivity contribution < 1.29 is 14.3 Å². The summed E-state index contributed by atoms with van der Waals surface area (Å²) < 4.78 is 5.74. The molecule has 1 N–H and O–H groups in total. The number of hydrogen-bond acceptors (Lipinski definition) is 5. The Bertz CT molecular complexity index is 514. The number of piperidine rings is 1. The number of ether oxygens (including phenoxy) is 1. The second-order valence-electron chi connectivity index (χ2n) is 5.34. The number of carbonyl (C=O) groups is 2. The number of nitrogens with one attached hydrogen (secondary N) is 1. The minimum absolute atomic E-state index is 0.0267. The van der Waals surface area contributed by atoms with Gasteiger partial charge in [-0.1, -0.05) is 0 Å². The third kappa shape index (κ3) is 3.29. The Balaban J connectivity index is 1.49. The Morgan fingerprint density at radius 1 is 1.29 bits per heavy atom. The minimum atomic E-state index is -0.338. The first-order valence-corrected chi connectivity index (χ1v) is 7.23. The largest absolute Gasteiger partial charge is 0.473 e. The molecule has 0 unspecified atom stereocenters. The standard InChI is InChI=1S/C14H18N4O3/c19-12-2-1-11(17-12)14(20)18-7-3-10(4-8-18)21-13-9-15-5-6-16-13/h5-6,9-11H,1-4,7-8H2,(H,17,19)/t11-/m1/s1. The molecule has 7 heteroatoms. The molecule has 0 radical (unpaired) electrons. The van der Waals surface area contributed by atoms with Crippen molar-refractivity contribution in [1.82, 2.24) is 20.2 Å². The fourth-order valence-corrected chi connectivity index (χ4v) is 2.73. The third-order valence-corrected chi connectivity index (χ3v) is 3.87. The van der Waals surface area contributed by atoms with Crippen LogP contribution in [0.4, 0.5) is 0 Å². The summed E-state index contributed by atoms with van der Waals surface area (Å²) in [4.78, 5) is 33.3. The molecule has 3 rings (SSSR count). The van der Waals surface area contributed by atoms with Gasteiger partial charge < -0.3 is 15.0 Å². The summed E-state index contributed by atoms with van der Waals surface area (Å²) in [6.07, 6.45) is 7.43. The fourth-order valence-electron chi connectivity index (χ4n) is 2.73. The van der Waals surface area contributed by atoms with Gasteiger partial charge in [0.2, 0.25) is 17.7 Å². The number of likely N-dealkylation sites (tertiary alicyclic amines) is 1. The van der Waals surface area contributed by atoms with Gasteiger partial charge in [-0.25, -0.2) is 4.98 Å². The summed E-state index contributed by atoms with van der Waals surface area (Å²) in [5, 5.41) is 2.72. The van der Waals surface area contributed by atoms with Crippen LogP contribution in [0.1, 0.15) is 25.7 Å². The molecule has 2 saturated heterocycles. The van der Waals surface area contributed by atoms with Crippen molar-refractivity contribution in [2.24, 2.45) is 0 Å². The van der Waals surface area contributed by atoms with Gasteiger partial charge in [0.05, 0.1) is 6.20 Å². The van der Waals surface area contributed by atoms with Gasteiger partial charge in [0.15, 0.2) is 0 Å². The van der Waals surface area contributed by atoms with Crippen LogP contribution in [0.5, 0.6) is 5.88 Å². The molecule has 2 amide bonds. The van der Waals surface area contributed by atoms with Crippen LogP contribution in [0.3, 0.4) is 0 Å². The first kappa shape index (κ1) is 13.8. The predicted molar refractivity (Wildman–Crippen MR) is 73.4 cm³/mol.